The molecule has 4 heterocycles. The van der Waals surface area contributed by atoms with Gasteiger partial charge in [-0.3, -0.25) is 19.2 Å². The number of nitrogens with one attached hydrogen (secondary N) is 1. The number of amides is 1. The van der Waals surface area contributed by atoms with Crippen LogP contribution in [0.3, 0.4) is 0 Å². The zero-order valence-electron chi connectivity index (χ0n) is 15.8. The molecule has 148 valence electrons. The van der Waals surface area contributed by atoms with Gasteiger partial charge >= 0.3 is 0 Å². The Kier molecular flexibility index (Phi) is 5.21. The molecule has 0 aliphatic carbocycles. The van der Waals surface area contributed by atoms with Gasteiger partial charge in [-0.1, -0.05) is 17.3 Å². The summed E-state index contributed by atoms with van der Waals surface area (Å²) in [7, 11) is 0. The van der Waals surface area contributed by atoms with Crippen LogP contribution in [0.2, 0.25) is 0 Å². The van der Waals surface area contributed by atoms with E-state index in [2.05, 4.69) is 20.5 Å². The largest absolute Gasteiger partial charge is 0.352 e. The second-order valence-electron chi connectivity index (χ2n) is 7.77. The van der Waals surface area contributed by atoms with Crippen LogP contribution in [-0.2, 0) is 17.9 Å². The normalized spacial score (nSPS) is 26.2. The highest BCUT2D eigenvalue weighted by Crippen LogP contribution is 2.37. The zero-order valence-corrected chi connectivity index (χ0v) is 15.8. The molecule has 3 aliphatic heterocycles. The first-order valence-electron chi connectivity index (χ1n) is 9.67. The van der Waals surface area contributed by atoms with E-state index in [1.807, 2.05) is 0 Å². The van der Waals surface area contributed by atoms with Crippen molar-refractivity contribution < 1.29 is 14.0 Å². The number of benzene rings is 1. The van der Waals surface area contributed by atoms with Crippen molar-refractivity contribution in [1.82, 2.24) is 25.2 Å². The second kappa shape index (κ2) is 7.79. The maximum Gasteiger partial charge on any atom is 0.224 e. The smallest absolute Gasteiger partial charge is 0.224 e. The number of Topliss-reactive ketones (excluding diaryl/α,β-unsaturated/α-hetero) is 1. The topological polar surface area (TPSA) is 80.1 Å². The predicted octanol–water partition coefficient (Wildman–Crippen LogP) is 1.65. The average Bonchev–Trinajstić information content (AvgIpc) is 3.17. The third kappa shape index (κ3) is 3.96. The molecular weight excluding hydrogens is 361 g/mol. The summed E-state index contributed by atoms with van der Waals surface area (Å²) in [5.41, 5.74) is 1.27. The average molecular weight is 385 g/mol. The summed E-state index contributed by atoms with van der Waals surface area (Å²) < 4.78 is 14.7. The van der Waals surface area contributed by atoms with E-state index in [4.69, 9.17) is 0 Å². The van der Waals surface area contributed by atoms with Crippen LogP contribution in [0.1, 0.15) is 35.8 Å². The fraction of sp³-hybridized carbons (Fsp3) is 0.500. The Morgan fingerprint density at radius 2 is 2.07 bits per heavy atom. The van der Waals surface area contributed by atoms with Crippen molar-refractivity contribution in [1.29, 1.82) is 0 Å². The molecule has 3 fully saturated rings. The fourth-order valence-electron chi connectivity index (χ4n) is 4.31. The lowest BCUT2D eigenvalue weighted by Crippen LogP contribution is -2.58. The van der Waals surface area contributed by atoms with Gasteiger partial charge in [-0.15, -0.1) is 5.10 Å². The Labute approximate surface area is 162 Å². The number of carbonyl (C=O) groups excluding carboxylic acids is 2. The molecule has 1 unspecified atom stereocenters. The van der Waals surface area contributed by atoms with Crippen LogP contribution in [0.5, 0.6) is 0 Å². The molecule has 5 rings (SSSR count). The molecule has 4 atom stereocenters. The summed E-state index contributed by atoms with van der Waals surface area (Å²) in [6.07, 6.45) is 3.64. The third-order valence-electron chi connectivity index (χ3n) is 5.89. The summed E-state index contributed by atoms with van der Waals surface area (Å²) in [4.78, 5) is 26.4. The van der Waals surface area contributed by atoms with Crippen molar-refractivity contribution in [2.45, 2.75) is 38.9 Å². The van der Waals surface area contributed by atoms with E-state index in [0.717, 1.165) is 31.5 Å². The molecule has 3 saturated heterocycles. The minimum absolute atomic E-state index is 0.0195. The minimum Gasteiger partial charge on any atom is -0.352 e. The Morgan fingerprint density at radius 3 is 2.71 bits per heavy atom. The molecule has 1 N–H and O–H groups in total. The van der Waals surface area contributed by atoms with Gasteiger partial charge in [-0.25, -0.2) is 4.39 Å². The van der Waals surface area contributed by atoms with E-state index in [9.17, 15) is 14.0 Å². The van der Waals surface area contributed by atoms with E-state index in [1.165, 1.54) is 19.1 Å². The number of rotatable bonds is 6. The first kappa shape index (κ1) is 18.7. The van der Waals surface area contributed by atoms with Crippen LogP contribution >= 0.6 is 0 Å². The number of aromatic nitrogens is 3. The molecule has 1 aromatic carbocycles. The molecule has 2 aromatic rings. The van der Waals surface area contributed by atoms with Gasteiger partial charge in [0, 0.05) is 26.1 Å². The van der Waals surface area contributed by atoms with E-state index in [-0.39, 0.29) is 23.4 Å². The van der Waals surface area contributed by atoms with Gasteiger partial charge in [0.25, 0.3) is 0 Å². The standard InChI is InChI=1S/C20H24FN5O2/c1-13(27)19-12-26(24-23-19)10-17-8-15-6-7-25(17)11-18(15)20(28)22-9-14-2-4-16(21)5-3-14/h2-5,12,15,17-18H,6-11H2,1H3,(H,22,28)/t15-,17+,18-/m0/s1. The summed E-state index contributed by atoms with van der Waals surface area (Å²) in [6, 6.07) is 6.50. The van der Waals surface area contributed by atoms with Crippen LogP contribution in [0.4, 0.5) is 4.39 Å². The number of halogens is 1. The van der Waals surface area contributed by atoms with Crippen molar-refractivity contribution in [2.75, 3.05) is 13.1 Å². The number of piperidine rings is 3. The Hall–Kier alpha value is -2.61. The summed E-state index contributed by atoms with van der Waals surface area (Å²) >= 11 is 0. The van der Waals surface area contributed by atoms with Gasteiger partial charge in [-0.05, 0) is 43.0 Å². The first-order valence-corrected chi connectivity index (χ1v) is 9.67. The maximum absolute atomic E-state index is 13.0. The van der Waals surface area contributed by atoms with E-state index in [0.29, 0.717) is 30.7 Å². The quantitative estimate of drug-likeness (QED) is 0.765. The van der Waals surface area contributed by atoms with Gasteiger partial charge in [0.05, 0.1) is 18.7 Å². The van der Waals surface area contributed by atoms with Crippen molar-refractivity contribution in [2.24, 2.45) is 11.8 Å². The highest BCUT2D eigenvalue weighted by molar-refractivity contribution is 5.91. The monoisotopic (exact) mass is 385 g/mol. The number of hydrogen-bond acceptors (Lipinski definition) is 5. The highest BCUT2D eigenvalue weighted by Gasteiger charge is 2.43. The lowest BCUT2D eigenvalue weighted by molar-refractivity contribution is -0.133. The molecule has 3 aliphatic rings. The van der Waals surface area contributed by atoms with Gasteiger partial charge in [0.15, 0.2) is 5.78 Å². The number of ketones is 1. The van der Waals surface area contributed by atoms with Crippen LogP contribution in [-0.4, -0.2) is 50.7 Å². The van der Waals surface area contributed by atoms with Crippen LogP contribution in [0.25, 0.3) is 0 Å². The van der Waals surface area contributed by atoms with E-state index < -0.39 is 0 Å². The van der Waals surface area contributed by atoms with Crippen molar-refractivity contribution in [3.05, 3.63) is 47.5 Å². The number of carbonyl (C=O) groups is 2. The highest BCUT2D eigenvalue weighted by atomic mass is 19.1. The van der Waals surface area contributed by atoms with Gasteiger partial charge in [-0.2, -0.15) is 0 Å². The van der Waals surface area contributed by atoms with E-state index >= 15 is 0 Å². The van der Waals surface area contributed by atoms with Gasteiger partial charge in [0.2, 0.25) is 5.91 Å². The number of fused-ring (bicyclic) bond motifs is 3. The fourth-order valence-corrected chi connectivity index (χ4v) is 4.31. The molecule has 28 heavy (non-hydrogen) atoms. The number of nitrogens with zero attached hydrogens (tertiary/aromatic N) is 4. The molecule has 8 heteroatoms. The lowest BCUT2D eigenvalue weighted by Gasteiger charge is -2.49. The molecule has 0 saturated carbocycles. The Morgan fingerprint density at radius 1 is 1.29 bits per heavy atom. The summed E-state index contributed by atoms with van der Waals surface area (Å²) in [5.74, 6) is 0.0287. The minimum atomic E-state index is -0.277. The Balaban J connectivity index is 1.33. The molecule has 0 spiro atoms. The van der Waals surface area contributed by atoms with Crippen LogP contribution in [0.15, 0.2) is 30.5 Å². The van der Waals surface area contributed by atoms with Crippen molar-refractivity contribution in [3.8, 4) is 0 Å². The molecule has 7 nitrogen and oxygen atoms in total. The van der Waals surface area contributed by atoms with Crippen LogP contribution < -0.4 is 5.32 Å². The molecule has 1 amide bonds. The molecule has 2 bridgehead atoms. The summed E-state index contributed by atoms with van der Waals surface area (Å²) in [5, 5.41) is 11.0. The third-order valence-corrected chi connectivity index (χ3v) is 5.89. The van der Waals surface area contributed by atoms with Crippen LogP contribution in [0, 0.1) is 17.7 Å². The van der Waals surface area contributed by atoms with Gasteiger partial charge in [0.1, 0.15) is 11.5 Å². The summed E-state index contributed by atoms with van der Waals surface area (Å²) in [6.45, 7) is 4.29. The Bertz CT molecular complexity index is 866. The number of hydrogen-bond donors (Lipinski definition) is 1. The molecular formula is C20H24FN5O2. The molecule has 1 aromatic heterocycles. The second-order valence-corrected chi connectivity index (χ2v) is 7.77. The SMILES string of the molecule is CC(=O)c1cn(C[C@H]2C[C@@H]3CCN2C[C@@H]3C(=O)NCc2ccc(F)cc2)nn1. The van der Waals surface area contributed by atoms with Gasteiger partial charge < -0.3 is 5.32 Å². The lowest BCUT2D eigenvalue weighted by atomic mass is 9.75. The predicted molar refractivity (Wildman–Crippen MR) is 99.8 cm³/mol. The van der Waals surface area contributed by atoms with Crippen molar-refractivity contribution in [3.63, 3.8) is 0 Å². The zero-order chi connectivity index (χ0) is 19.7. The van der Waals surface area contributed by atoms with E-state index in [1.54, 1.807) is 23.0 Å². The first-order chi connectivity index (χ1) is 13.5. The van der Waals surface area contributed by atoms with Crippen molar-refractivity contribution >= 4 is 11.7 Å². The maximum atomic E-state index is 13.0. The molecule has 0 radical (unpaired) electrons.